The van der Waals surface area contributed by atoms with E-state index in [1.165, 1.54) is 5.69 Å². The molecule has 0 bridgehead atoms. The Morgan fingerprint density at radius 2 is 2.04 bits per heavy atom. The number of guanidine groups is 1. The van der Waals surface area contributed by atoms with Crippen molar-refractivity contribution in [3.05, 3.63) is 36.9 Å². The minimum atomic E-state index is 0. The fourth-order valence-electron chi connectivity index (χ4n) is 2.78. The highest BCUT2D eigenvalue weighted by molar-refractivity contribution is 14.0. The molecule has 7 heteroatoms. The molecule has 2 rings (SSSR count). The van der Waals surface area contributed by atoms with Crippen LogP contribution in [0.4, 0.5) is 5.69 Å². The molecule has 1 fully saturated rings. The predicted octanol–water partition coefficient (Wildman–Crippen LogP) is 2.93. The molecule has 1 aliphatic rings. The van der Waals surface area contributed by atoms with Gasteiger partial charge in [-0.25, -0.2) is 0 Å². The largest absolute Gasteiger partial charge is 0.495 e. The van der Waals surface area contributed by atoms with E-state index < -0.39 is 0 Å². The highest BCUT2D eigenvalue weighted by atomic mass is 127. The minimum Gasteiger partial charge on any atom is -0.495 e. The monoisotopic (exact) mass is 476 g/mol. The quantitative estimate of drug-likeness (QED) is 0.216. The van der Waals surface area contributed by atoms with Crippen molar-refractivity contribution < 1.29 is 4.74 Å². The number of hydrogen-bond acceptors (Lipinski definition) is 4. The van der Waals surface area contributed by atoms with E-state index in [1.807, 2.05) is 37.0 Å². The molecule has 0 aliphatic carbocycles. The molecule has 1 aliphatic heterocycles. The summed E-state index contributed by atoms with van der Waals surface area (Å²) in [5.41, 5.74) is 1.17. The molecule has 0 amide bonds. The van der Waals surface area contributed by atoms with Gasteiger partial charge in [0.15, 0.2) is 5.96 Å². The third-order valence-electron chi connectivity index (χ3n) is 3.98. The van der Waals surface area contributed by atoms with Crippen molar-refractivity contribution in [3.8, 4) is 5.75 Å². The number of aliphatic imine (C=N–C) groups is 1. The summed E-state index contributed by atoms with van der Waals surface area (Å²) in [6.45, 7) is 8.51. The maximum Gasteiger partial charge on any atom is 0.193 e. The third kappa shape index (κ3) is 6.62. The number of rotatable bonds is 7. The van der Waals surface area contributed by atoms with Crippen molar-refractivity contribution in [2.75, 3.05) is 63.3 Å². The average Bonchev–Trinajstić information content (AvgIpc) is 2.65. The number of halogens is 1. The molecule has 25 heavy (non-hydrogen) atoms. The van der Waals surface area contributed by atoms with Crippen molar-refractivity contribution in [1.29, 1.82) is 0 Å². The molecule has 140 valence electrons. The number of nitrogens with one attached hydrogen (secondary N) is 1. The summed E-state index contributed by atoms with van der Waals surface area (Å²) in [5, 5.41) is 3.45. The maximum absolute atomic E-state index is 5.48. The lowest BCUT2D eigenvalue weighted by atomic mass is 10.2. The SMILES string of the molecule is C=CCSCCNC(=NC)N1CCN(c2ccccc2OC)CC1.I. The van der Waals surface area contributed by atoms with Gasteiger partial charge in [0.25, 0.3) is 0 Å². The van der Waals surface area contributed by atoms with Crippen LogP contribution in [0.2, 0.25) is 0 Å². The Kier molecular flexibility index (Phi) is 10.8. The van der Waals surface area contributed by atoms with E-state index in [0.29, 0.717) is 0 Å². The second kappa shape index (κ2) is 12.3. The van der Waals surface area contributed by atoms with E-state index >= 15 is 0 Å². The Morgan fingerprint density at radius 3 is 2.68 bits per heavy atom. The summed E-state index contributed by atoms with van der Waals surface area (Å²) in [5.74, 6) is 3.99. The minimum absolute atomic E-state index is 0. The number of benzene rings is 1. The molecule has 5 nitrogen and oxygen atoms in total. The number of anilines is 1. The Bertz CT molecular complexity index is 548. The lowest BCUT2D eigenvalue weighted by Gasteiger charge is -2.38. The van der Waals surface area contributed by atoms with Crippen molar-refractivity contribution in [1.82, 2.24) is 10.2 Å². The topological polar surface area (TPSA) is 40.1 Å². The standard InChI is InChI=1S/C18H28N4OS.HI/c1-4-14-24-15-9-20-18(19-2)22-12-10-21(11-13-22)16-7-5-6-8-17(16)23-3;/h4-8H,1,9-15H2,2-3H3,(H,19,20);1H. The van der Waals surface area contributed by atoms with Gasteiger partial charge in [0.1, 0.15) is 5.75 Å². The molecule has 0 unspecified atom stereocenters. The fourth-order valence-corrected chi connectivity index (χ4v) is 3.36. The van der Waals surface area contributed by atoms with Crippen LogP contribution in [0.15, 0.2) is 41.9 Å². The molecule has 1 aromatic rings. The van der Waals surface area contributed by atoms with Crippen molar-refractivity contribution >= 4 is 47.4 Å². The van der Waals surface area contributed by atoms with E-state index in [2.05, 4.69) is 38.8 Å². The van der Waals surface area contributed by atoms with Crippen molar-refractivity contribution in [3.63, 3.8) is 0 Å². The van der Waals surface area contributed by atoms with Gasteiger partial charge < -0.3 is 19.9 Å². The van der Waals surface area contributed by atoms with Crippen LogP contribution in [-0.2, 0) is 0 Å². The number of nitrogens with zero attached hydrogens (tertiary/aromatic N) is 3. The Hall–Kier alpha value is -1.09. The summed E-state index contributed by atoms with van der Waals surface area (Å²) in [6.07, 6.45) is 1.94. The van der Waals surface area contributed by atoms with Crippen LogP contribution < -0.4 is 15.0 Å². The molecule has 1 saturated heterocycles. The summed E-state index contributed by atoms with van der Waals surface area (Å²) in [6, 6.07) is 8.21. The molecule has 0 radical (unpaired) electrons. The van der Waals surface area contributed by atoms with Crippen LogP contribution in [0.3, 0.4) is 0 Å². The third-order valence-corrected chi connectivity index (χ3v) is 4.95. The number of piperazine rings is 1. The van der Waals surface area contributed by atoms with Gasteiger partial charge in [0.2, 0.25) is 0 Å². The number of methoxy groups -OCH3 is 1. The first-order chi connectivity index (χ1) is 11.8. The van der Waals surface area contributed by atoms with Gasteiger partial charge >= 0.3 is 0 Å². The molecule has 0 spiro atoms. The van der Waals surface area contributed by atoms with Crippen LogP contribution in [0.1, 0.15) is 0 Å². The lowest BCUT2D eigenvalue weighted by molar-refractivity contribution is 0.368. The number of thioether (sulfide) groups is 1. The van der Waals surface area contributed by atoms with Gasteiger partial charge in [-0.3, -0.25) is 4.99 Å². The van der Waals surface area contributed by atoms with Crippen LogP contribution in [0.25, 0.3) is 0 Å². The van der Waals surface area contributed by atoms with Crippen LogP contribution in [-0.4, -0.2) is 69.2 Å². The normalized spacial score (nSPS) is 14.7. The Morgan fingerprint density at radius 1 is 1.32 bits per heavy atom. The molecule has 0 saturated carbocycles. The summed E-state index contributed by atoms with van der Waals surface area (Å²) in [7, 11) is 3.58. The first-order valence-corrected chi connectivity index (χ1v) is 9.47. The van der Waals surface area contributed by atoms with Gasteiger partial charge in [-0.2, -0.15) is 11.8 Å². The Labute approximate surface area is 172 Å². The molecular weight excluding hydrogens is 447 g/mol. The zero-order chi connectivity index (χ0) is 17.2. The van der Waals surface area contributed by atoms with E-state index in [9.17, 15) is 0 Å². The van der Waals surface area contributed by atoms with Crippen LogP contribution in [0, 0.1) is 0 Å². The van der Waals surface area contributed by atoms with Gasteiger partial charge in [-0.15, -0.1) is 30.6 Å². The summed E-state index contributed by atoms with van der Waals surface area (Å²) >= 11 is 1.88. The fraction of sp³-hybridized carbons (Fsp3) is 0.500. The zero-order valence-electron chi connectivity index (χ0n) is 15.1. The van der Waals surface area contributed by atoms with Crippen molar-refractivity contribution in [2.45, 2.75) is 0 Å². The highest BCUT2D eigenvalue weighted by Crippen LogP contribution is 2.28. The van der Waals surface area contributed by atoms with E-state index in [1.54, 1.807) is 7.11 Å². The van der Waals surface area contributed by atoms with Gasteiger partial charge in [0.05, 0.1) is 12.8 Å². The second-order valence-electron chi connectivity index (χ2n) is 5.48. The smallest absolute Gasteiger partial charge is 0.193 e. The van der Waals surface area contributed by atoms with Crippen LogP contribution >= 0.6 is 35.7 Å². The molecule has 1 heterocycles. The van der Waals surface area contributed by atoms with E-state index in [4.69, 9.17) is 4.74 Å². The van der Waals surface area contributed by atoms with E-state index in [0.717, 1.165) is 55.9 Å². The number of ether oxygens (including phenoxy) is 1. The maximum atomic E-state index is 5.48. The van der Waals surface area contributed by atoms with Gasteiger partial charge in [-0.05, 0) is 12.1 Å². The predicted molar refractivity (Wildman–Crippen MR) is 121 cm³/mol. The highest BCUT2D eigenvalue weighted by Gasteiger charge is 2.21. The number of hydrogen-bond donors (Lipinski definition) is 1. The van der Waals surface area contributed by atoms with Gasteiger partial charge in [0, 0.05) is 51.3 Å². The second-order valence-corrected chi connectivity index (χ2v) is 6.63. The molecule has 1 aromatic carbocycles. The molecule has 0 atom stereocenters. The molecule has 1 N–H and O–H groups in total. The number of para-hydroxylation sites is 2. The van der Waals surface area contributed by atoms with Gasteiger partial charge in [-0.1, -0.05) is 18.2 Å². The van der Waals surface area contributed by atoms with Crippen LogP contribution in [0.5, 0.6) is 5.75 Å². The zero-order valence-corrected chi connectivity index (χ0v) is 18.3. The molecular formula is C18H29IN4OS. The Balaban J connectivity index is 0.00000312. The summed E-state index contributed by atoms with van der Waals surface area (Å²) < 4.78 is 5.48. The van der Waals surface area contributed by atoms with Crippen molar-refractivity contribution in [2.24, 2.45) is 4.99 Å². The average molecular weight is 476 g/mol. The summed E-state index contributed by atoms with van der Waals surface area (Å²) in [4.78, 5) is 9.12. The molecule has 0 aromatic heterocycles. The first kappa shape index (κ1) is 22.0. The van der Waals surface area contributed by atoms with E-state index in [-0.39, 0.29) is 24.0 Å². The lowest BCUT2D eigenvalue weighted by Crippen LogP contribution is -2.52. The first-order valence-electron chi connectivity index (χ1n) is 8.32.